The van der Waals surface area contributed by atoms with Gasteiger partial charge < -0.3 is 4.90 Å². The summed E-state index contributed by atoms with van der Waals surface area (Å²) in [4.78, 5) is 2.51. The zero-order valence-electron chi connectivity index (χ0n) is 32.8. The summed E-state index contributed by atoms with van der Waals surface area (Å²) in [7, 11) is 0. The largest absolute Gasteiger partial charge is 0.309 e. The molecule has 0 spiro atoms. The first-order valence-corrected chi connectivity index (χ1v) is 20.2. The van der Waals surface area contributed by atoms with Crippen LogP contribution in [0.25, 0.3) is 66.8 Å². The Balaban J connectivity index is 1.29. The smallest absolute Gasteiger partial charge is 0.0546 e. The van der Waals surface area contributed by atoms with Crippen LogP contribution in [-0.4, -0.2) is 0 Å². The number of fused-ring (bicyclic) bond motifs is 3. The van der Waals surface area contributed by atoms with Crippen molar-refractivity contribution in [1.29, 1.82) is 0 Å². The predicted octanol–water partition coefficient (Wildman–Crippen LogP) is 15.8. The number of nitrogens with zero attached hydrogens (tertiary/aromatic N) is 1. The van der Waals surface area contributed by atoms with Crippen molar-refractivity contribution in [1.82, 2.24) is 0 Å². The molecule has 0 N–H and O–H groups in total. The SMILES string of the molecule is CC1(C)c2ccccc2-c2cccc(-c3ccccc3N(c3cccc(-c4ccccc4)c3)c3cccc(-c4ccccc4)c3-c3ccccc3-c3ccccc3)c21. The Morgan fingerprint density at radius 3 is 1.47 bits per heavy atom. The van der Waals surface area contributed by atoms with E-state index in [1.165, 1.54) is 77.9 Å². The van der Waals surface area contributed by atoms with Crippen LogP contribution in [0.2, 0.25) is 0 Å². The van der Waals surface area contributed by atoms with Crippen LogP contribution in [0.1, 0.15) is 25.0 Å². The summed E-state index contributed by atoms with van der Waals surface area (Å²) < 4.78 is 0. The van der Waals surface area contributed by atoms with Gasteiger partial charge in [-0.1, -0.05) is 214 Å². The topological polar surface area (TPSA) is 3.24 Å². The fourth-order valence-electron chi connectivity index (χ4n) is 9.27. The summed E-state index contributed by atoms with van der Waals surface area (Å²) in [6.07, 6.45) is 0. The van der Waals surface area contributed by atoms with E-state index in [2.05, 4.69) is 243 Å². The Kier molecular flexibility index (Phi) is 8.92. The molecule has 0 bridgehead atoms. The van der Waals surface area contributed by atoms with Gasteiger partial charge in [-0.2, -0.15) is 0 Å². The lowest BCUT2D eigenvalue weighted by Crippen LogP contribution is -2.17. The fourth-order valence-corrected chi connectivity index (χ4v) is 9.27. The van der Waals surface area contributed by atoms with Crippen molar-refractivity contribution in [3.8, 4) is 66.8 Å². The summed E-state index contributed by atoms with van der Waals surface area (Å²) in [6, 6.07) is 81.9. The molecule has 0 aromatic heterocycles. The first-order chi connectivity index (χ1) is 28.6. The van der Waals surface area contributed by atoms with Gasteiger partial charge in [0, 0.05) is 22.2 Å². The molecule has 1 aliphatic rings. The summed E-state index contributed by atoms with van der Waals surface area (Å²) >= 11 is 0. The van der Waals surface area contributed by atoms with Crippen molar-refractivity contribution in [2.75, 3.05) is 4.90 Å². The van der Waals surface area contributed by atoms with Crippen LogP contribution in [-0.2, 0) is 5.41 Å². The number of para-hydroxylation sites is 1. The van der Waals surface area contributed by atoms with E-state index in [4.69, 9.17) is 0 Å². The molecule has 0 saturated heterocycles. The number of hydrogen-bond donors (Lipinski definition) is 0. The predicted molar refractivity (Wildman–Crippen MR) is 246 cm³/mol. The lowest BCUT2D eigenvalue weighted by atomic mass is 9.78. The van der Waals surface area contributed by atoms with Crippen molar-refractivity contribution in [2.24, 2.45) is 0 Å². The normalized spacial score (nSPS) is 12.4. The summed E-state index contributed by atoms with van der Waals surface area (Å²) in [5, 5.41) is 0. The minimum Gasteiger partial charge on any atom is -0.309 e. The lowest BCUT2D eigenvalue weighted by Gasteiger charge is -2.33. The van der Waals surface area contributed by atoms with Gasteiger partial charge in [0.15, 0.2) is 0 Å². The third-order valence-electron chi connectivity index (χ3n) is 11.9. The van der Waals surface area contributed by atoms with Crippen molar-refractivity contribution in [3.05, 3.63) is 236 Å². The highest BCUT2D eigenvalue weighted by Gasteiger charge is 2.38. The van der Waals surface area contributed by atoms with Gasteiger partial charge in [0.1, 0.15) is 0 Å². The van der Waals surface area contributed by atoms with Gasteiger partial charge in [-0.05, 0) is 91.0 Å². The van der Waals surface area contributed by atoms with Crippen molar-refractivity contribution in [3.63, 3.8) is 0 Å². The maximum absolute atomic E-state index is 2.51. The Morgan fingerprint density at radius 1 is 0.310 bits per heavy atom. The molecule has 1 aliphatic carbocycles. The molecule has 0 fully saturated rings. The van der Waals surface area contributed by atoms with Gasteiger partial charge in [0.2, 0.25) is 0 Å². The molecule has 10 rings (SSSR count). The number of rotatable bonds is 8. The number of anilines is 3. The van der Waals surface area contributed by atoms with Crippen LogP contribution in [0, 0.1) is 0 Å². The Labute approximate surface area is 342 Å². The highest BCUT2D eigenvalue weighted by Crippen LogP contribution is 2.55. The minimum atomic E-state index is -0.180. The van der Waals surface area contributed by atoms with Crippen LogP contribution >= 0.6 is 0 Å². The maximum Gasteiger partial charge on any atom is 0.0546 e. The average Bonchev–Trinajstić information content (AvgIpc) is 3.53. The Bertz CT molecular complexity index is 2910. The van der Waals surface area contributed by atoms with Gasteiger partial charge in [0.25, 0.3) is 0 Å². The summed E-state index contributed by atoms with van der Waals surface area (Å²) in [6.45, 7) is 4.76. The van der Waals surface area contributed by atoms with Gasteiger partial charge >= 0.3 is 0 Å². The summed E-state index contributed by atoms with van der Waals surface area (Å²) in [5.74, 6) is 0. The van der Waals surface area contributed by atoms with Gasteiger partial charge in [-0.3, -0.25) is 0 Å². The zero-order valence-corrected chi connectivity index (χ0v) is 32.8. The molecule has 0 atom stereocenters. The van der Waals surface area contributed by atoms with Crippen LogP contribution in [0.3, 0.4) is 0 Å². The van der Waals surface area contributed by atoms with E-state index in [0.29, 0.717) is 0 Å². The molecule has 1 nitrogen and oxygen atoms in total. The number of hydrogen-bond acceptors (Lipinski definition) is 1. The van der Waals surface area contributed by atoms with E-state index in [1.54, 1.807) is 0 Å². The molecule has 9 aromatic carbocycles. The standard InChI is InChI=1S/C57H43N/c1-57(2)52-36-16-14-30-47(52)50-34-19-35-51(56(50)57)48-31-15-17-37-53(48)58(44-28-18-27-43(39-44)40-21-6-3-7-22-40)54-38-20-33-46(42-25-10-5-11-26-42)55(54)49-32-13-12-29-45(49)41-23-8-4-9-24-41/h3-39H,1-2H3. The maximum atomic E-state index is 2.51. The van der Waals surface area contributed by atoms with E-state index < -0.39 is 0 Å². The second-order valence-corrected chi connectivity index (χ2v) is 15.6. The highest BCUT2D eigenvalue weighted by atomic mass is 15.1. The molecule has 0 aliphatic heterocycles. The minimum absolute atomic E-state index is 0.180. The second kappa shape index (κ2) is 14.7. The van der Waals surface area contributed by atoms with Crippen molar-refractivity contribution < 1.29 is 0 Å². The third-order valence-corrected chi connectivity index (χ3v) is 11.9. The van der Waals surface area contributed by atoms with E-state index in [-0.39, 0.29) is 5.41 Å². The molecular weight excluding hydrogens is 699 g/mol. The van der Waals surface area contributed by atoms with Crippen molar-refractivity contribution >= 4 is 17.1 Å². The molecule has 58 heavy (non-hydrogen) atoms. The van der Waals surface area contributed by atoms with Crippen LogP contribution < -0.4 is 4.90 Å². The zero-order chi connectivity index (χ0) is 39.1. The highest BCUT2D eigenvalue weighted by molar-refractivity contribution is 6.03. The third kappa shape index (κ3) is 6.04. The molecule has 276 valence electrons. The molecule has 0 unspecified atom stereocenters. The van der Waals surface area contributed by atoms with E-state index in [0.717, 1.165) is 17.1 Å². The average molecular weight is 742 g/mol. The van der Waals surface area contributed by atoms with Crippen molar-refractivity contribution in [2.45, 2.75) is 19.3 Å². The molecule has 0 heterocycles. The van der Waals surface area contributed by atoms with Gasteiger partial charge in [-0.15, -0.1) is 0 Å². The molecule has 0 amide bonds. The monoisotopic (exact) mass is 741 g/mol. The lowest BCUT2D eigenvalue weighted by molar-refractivity contribution is 0.662. The molecule has 1 heteroatoms. The first kappa shape index (κ1) is 35.2. The van der Waals surface area contributed by atoms with Crippen LogP contribution in [0.5, 0.6) is 0 Å². The molecule has 0 radical (unpaired) electrons. The summed E-state index contributed by atoms with van der Waals surface area (Å²) in [5.41, 5.74) is 20.4. The first-order valence-electron chi connectivity index (χ1n) is 20.2. The van der Waals surface area contributed by atoms with E-state index in [1.807, 2.05) is 0 Å². The molecule has 0 saturated carbocycles. The van der Waals surface area contributed by atoms with Crippen LogP contribution in [0.4, 0.5) is 17.1 Å². The van der Waals surface area contributed by atoms with Gasteiger partial charge in [-0.25, -0.2) is 0 Å². The Morgan fingerprint density at radius 2 is 0.759 bits per heavy atom. The quantitative estimate of drug-likeness (QED) is 0.150. The fraction of sp³-hybridized carbons (Fsp3) is 0.0526. The number of benzene rings is 9. The van der Waals surface area contributed by atoms with E-state index >= 15 is 0 Å². The molecular formula is C57H43N. The van der Waals surface area contributed by atoms with Crippen LogP contribution in [0.15, 0.2) is 224 Å². The van der Waals surface area contributed by atoms with Gasteiger partial charge in [0.05, 0.1) is 11.4 Å². The van der Waals surface area contributed by atoms with E-state index in [9.17, 15) is 0 Å². The molecule has 9 aromatic rings. The Hall–Kier alpha value is -7.22. The second-order valence-electron chi connectivity index (χ2n) is 15.6.